The van der Waals surface area contributed by atoms with Gasteiger partial charge in [0.1, 0.15) is 5.82 Å². The Labute approximate surface area is 153 Å². The van der Waals surface area contributed by atoms with Crippen molar-refractivity contribution in [3.63, 3.8) is 0 Å². The zero-order chi connectivity index (χ0) is 17.1. The number of nitrogens with one attached hydrogen (secondary N) is 2. The SMILES string of the molecule is Cl.NC1C2CCCC1CC(C(=O)NCC(=O)Nc1ccc(F)cc1)C2. The maximum atomic E-state index is 12.8. The molecule has 0 radical (unpaired) electrons. The Morgan fingerprint density at radius 2 is 1.72 bits per heavy atom. The molecule has 2 amide bonds. The Morgan fingerprint density at radius 1 is 1.12 bits per heavy atom. The molecule has 2 saturated carbocycles. The van der Waals surface area contributed by atoms with E-state index in [1.54, 1.807) is 0 Å². The number of rotatable bonds is 4. The topological polar surface area (TPSA) is 84.2 Å². The van der Waals surface area contributed by atoms with E-state index in [1.807, 2.05) is 0 Å². The molecule has 2 unspecified atom stereocenters. The van der Waals surface area contributed by atoms with Crippen LogP contribution in [0.3, 0.4) is 0 Å². The van der Waals surface area contributed by atoms with E-state index >= 15 is 0 Å². The minimum absolute atomic E-state index is 0. The molecule has 0 saturated heterocycles. The number of halogens is 2. The lowest BCUT2D eigenvalue weighted by atomic mass is 9.65. The summed E-state index contributed by atoms with van der Waals surface area (Å²) in [5.41, 5.74) is 6.75. The molecule has 1 aromatic rings. The Hall–Kier alpha value is -1.66. The van der Waals surface area contributed by atoms with Gasteiger partial charge in [0.25, 0.3) is 0 Å². The Bertz CT molecular complexity index is 597. The van der Waals surface area contributed by atoms with Crippen molar-refractivity contribution in [2.24, 2.45) is 23.5 Å². The first-order valence-corrected chi connectivity index (χ1v) is 8.61. The van der Waals surface area contributed by atoms with Gasteiger partial charge in [-0.2, -0.15) is 0 Å². The van der Waals surface area contributed by atoms with Gasteiger partial charge >= 0.3 is 0 Å². The third-order valence-electron chi connectivity index (χ3n) is 5.33. The molecule has 2 atom stereocenters. The van der Waals surface area contributed by atoms with Crippen LogP contribution in [0, 0.1) is 23.6 Å². The van der Waals surface area contributed by atoms with E-state index in [4.69, 9.17) is 5.73 Å². The smallest absolute Gasteiger partial charge is 0.243 e. The Kier molecular flexibility index (Phi) is 6.79. The summed E-state index contributed by atoms with van der Waals surface area (Å²) in [5, 5.41) is 5.36. The van der Waals surface area contributed by atoms with Crippen molar-refractivity contribution < 1.29 is 14.0 Å². The van der Waals surface area contributed by atoms with Crippen LogP contribution in [-0.4, -0.2) is 24.4 Å². The second kappa shape index (κ2) is 8.63. The van der Waals surface area contributed by atoms with E-state index in [1.165, 1.54) is 30.7 Å². The van der Waals surface area contributed by atoms with Gasteiger partial charge in [0.2, 0.25) is 11.8 Å². The third-order valence-corrected chi connectivity index (χ3v) is 5.33. The maximum absolute atomic E-state index is 12.8. The molecule has 0 aliphatic heterocycles. The standard InChI is InChI=1S/C18H24FN3O2.ClH/c19-14-4-6-15(7-5-14)22-16(23)10-21-18(24)13-8-11-2-1-3-12(9-13)17(11)20;/h4-7,11-13,17H,1-3,8-10,20H2,(H,21,24)(H,22,23);1H. The number of amides is 2. The van der Waals surface area contributed by atoms with Crippen LogP contribution in [0.4, 0.5) is 10.1 Å². The minimum atomic E-state index is -0.359. The van der Waals surface area contributed by atoms with Crippen molar-refractivity contribution in [1.82, 2.24) is 5.32 Å². The highest BCUT2D eigenvalue weighted by atomic mass is 35.5. The Morgan fingerprint density at radius 3 is 2.32 bits per heavy atom. The summed E-state index contributed by atoms with van der Waals surface area (Å²) < 4.78 is 12.8. The molecule has 2 bridgehead atoms. The maximum Gasteiger partial charge on any atom is 0.243 e. The molecule has 0 heterocycles. The summed E-state index contributed by atoms with van der Waals surface area (Å²) in [6.45, 7) is -0.0753. The normalized spacial score (nSPS) is 27.8. The van der Waals surface area contributed by atoms with E-state index in [9.17, 15) is 14.0 Å². The largest absolute Gasteiger partial charge is 0.347 e. The molecule has 2 fully saturated rings. The zero-order valence-corrected chi connectivity index (χ0v) is 14.9. The predicted molar refractivity (Wildman–Crippen MR) is 96.8 cm³/mol. The average molecular weight is 370 g/mol. The molecule has 0 aromatic heterocycles. The predicted octanol–water partition coefficient (Wildman–Crippen LogP) is 2.46. The fourth-order valence-corrected chi connectivity index (χ4v) is 4.05. The summed E-state index contributed by atoms with van der Waals surface area (Å²) in [6, 6.07) is 5.75. The van der Waals surface area contributed by atoms with Gasteiger partial charge in [0.15, 0.2) is 0 Å². The summed E-state index contributed by atoms with van der Waals surface area (Å²) in [5.74, 6) is 0.0828. The second-order valence-electron chi connectivity index (χ2n) is 6.97. The first kappa shape index (κ1) is 19.7. The van der Waals surface area contributed by atoms with E-state index in [0.29, 0.717) is 17.5 Å². The van der Waals surface area contributed by atoms with Gasteiger partial charge in [-0.1, -0.05) is 6.42 Å². The van der Waals surface area contributed by atoms with Gasteiger partial charge in [-0.15, -0.1) is 12.4 Å². The van der Waals surface area contributed by atoms with Crippen LogP contribution in [-0.2, 0) is 9.59 Å². The first-order valence-electron chi connectivity index (χ1n) is 8.61. The average Bonchev–Trinajstić information content (AvgIpc) is 2.54. The number of hydrogen-bond acceptors (Lipinski definition) is 3. The van der Waals surface area contributed by atoms with E-state index in [2.05, 4.69) is 10.6 Å². The van der Waals surface area contributed by atoms with Crippen molar-refractivity contribution >= 4 is 29.9 Å². The molecule has 1 aromatic carbocycles. The number of benzene rings is 1. The van der Waals surface area contributed by atoms with Crippen molar-refractivity contribution in [2.45, 2.75) is 38.1 Å². The fraction of sp³-hybridized carbons (Fsp3) is 0.556. The van der Waals surface area contributed by atoms with Gasteiger partial charge in [0, 0.05) is 17.6 Å². The highest BCUT2D eigenvalue weighted by Gasteiger charge is 2.40. The number of carbonyl (C=O) groups is 2. The van der Waals surface area contributed by atoms with Gasteiger partial charge in [-0.05, 0) is 61.8 Å². The van der Waals surface area contributed by atoms with Crippen LogP contribution in [0.25, 0.3) is 0 Å². The van der Waals surface area contributed by atoms with E-state index < -0.39 is 0 Å². The monoisotopic (exact) mass is 369 g/mol. The molecule has 5 nitrogen and oxygen atoms in total. The molecular formula is C18H25ClFN3O2. The van der Waals surface area contributed by atoms with Gasteiger partial charge in [0.05, 0.1) is 6.54 Å². The van der Waals surface area contributed by atoms with Crippen molar-refractivity contribution in [3.8, 4) is 0 Å². The number of fused-ring (bicyclic) bond motifs is 2. The quantitative estimate of drug-likeness (QED) is 0.762. The second-order valence-corrected chi connectivity index (χ2v) is 6.97. The van der Waals surface area contributed by atoms with Gasteiger partial charge < -0.3 is 16.4 Å². The lowest BCUT2D eigenvalue weighted by Gasteiger charge is -2.43. The van der Waals surface area contributed by atoms with Crippen LogP contribution >= 0.6 is 12.4 Å². The lowest BCUT2D eigenvalue weighted by Crippen LogP contribution is -2.49. The van der Waals surface area contributed by atoms with Gasteiger partial charge in [-0.25, -0.2) is 4.39 Å². The molecule has 2 aliphatic rings. The van der Waals surface area contributed by atoms with Crippen molar-refractivity contribution in [2.75, 3.05) is 11.9 Å². The van der Waals surface area contributed by atoms with Crippen molar-refractivity contribution in [1.29, 1.82) is 0 Å². The number of carbonyl (C=O) groups excluding carboxylic acids is 2. The number of nitrogens with two attached hydrogens (primary N) is 1. The van der Waals surface area contributed by atoms with Crippen LogP contribution in [0.1, 0.15) is 32.1 Å². The summed E-state index contributed by atoms with van der Waals surface area (Å²) >= 11 is 0. The summed E-state index contributed by atoms with van der Waals surface area (Å²) in [7, 11) is 0. The van der Waals surface area contributed by atoms with E-state index in [-0.39, 0.29) is 48.5 Å². The lowest BCUT2D eigenvalue weighted by molar-refractivity contribution is -0.129. The molecular weight excluding hydrogens is 345 g/mol. The minimum Gasteiger partial charge on any atom is -0.347 e. The number of hydrogen-bond donors (Lipinski definition) is 3. The highest BCUT2D eigenvalue weighted by Crippen LogP contribution is 2.41. The summed E-state index contributed by atoms with van der Waals surface area (Å²) in [6.07, 6.45) is 5.06. The molecule has 3 rings (SSSR count). The van der Waals surface area contributed by atoms with Crippen LogP contribution in [0.5, 0.6) is 0 Å². The van der Waals surface area contributed by atoms with Crippen molar-refractivity contribution in [3.05, 3.63) is 30.1 Å². The first-order chi connectivity index (χ1) is 11.5. The fourth-order valence-electron chi connectivity index (χ4n) is 4.05. The Balaban J connectivity index is 0.00000225. The van der Waals surface area contributed by atoms with Crippen LogP contribution in [0.2, 0.25) is 0 Å². The van der Waals surface area contributed by atoms with Crippen LogP contribution in [0.15, 0.2) is 24.3 Å². The molecule has 2 aliphatic carbocycles. The zero-order valence-electron chi connectivity index (χ0n) is 14.0. The van der Waals surface area contributed by atoms with Gasteiger partial charge in [-0.3, -0.25) is 9.59 Å². The molecule has 25 heavy (non-hydrogen) atoms. The van der Waals surface area contributed by atoms with E-state index in [0.717, 1.165) is 25.7 Å². The molecule has 4 N–H and O–H groups in total. The van der Waals surface area contributed by atoms with Crippen LogP contribution < -0.4 is 16.4 Å². The molecule has 7 heteroatoms. The highest BCUT2D eigenvalue weighted by molar-refractivity contribution is 5.94. The summed E-state index contributed by atoms with van der Waals surface area (Å²) in [4.78, 5) is 24.2. The third kappa shape index (κ3) is 4.92. The number of anilines is 1. The molecule has 0 spiro atoms. The molecule has 138 valence electrons.